The average molecular weight is 657 g/mol. The second-order valence-corrected chi connectivity index (χ2v) is 12.4. The largest absolute Gasteiger partial charge is 0.458 e. The normalized spacial score (nSPS) is 32.6. The Morgan fingerprint density at radius 1 is 1.10 bits per heavy atom. The van der Waals surface area contributed by atoms with Gasteiger partial charge in [0.2, 0.25) is 5.91 Å². The van der Waals surface area contributed by atoms with Crippen molar-refractivity contribution in [2.45, 2.75) is 114 Å². The molecule has 10 heteroatoms. The van der Waals surface area contributed by atoms with Crippen molar-refractivity contribution < 1.29 is 33.7 Å². The molecule has 1 aliphatic carbocycles. The van der Waals surface area contributed by atoms with Crippen LogP contribution in [-0.4, -0.2) is 71.4 Å². The molecule has 216 valence electrons. The van der Waals surface area contributed by atoms with Crippen molar-refractivity contribution in [3.63, 3.8) is 0 Å². The van der Waals surface area contributed by atoms with Gasteiger partial charge in [-0.05, 0) is 47.1 Å². The molecular formula is C29H41IN2O7. The minimum absolute atomic E-state index is 0.0970. The fraction of sp³-hybridized carbons (Fsp3) is 0.724. The topological polar surface area (TPSA) is 107 Å². The van der Waals surface area contributed by atoms with Gasteiger partial charge in [0.1, 0.15) is 29.8 Å². The summed E-state index contributed by atoms with van der Waals surface area (Å²) < 4.78 is 20.7. The number of aliphatic hydroxyl groups is 1. The minimum atomic E-state index is -1.21. The summed E-state index contributed by atoms with van der Waals surface area (Å²) in [7, 11) is 0. The number of hydrogen-bond acceptors (Lipinski definition) is 8. The molecule has 3 heterocycles. The Balaban J connectivity index is 1.50. The van der Waals surface area contributed by atoms with Gasteiger partial charge in [-0.3, -0.25) is 14.4 Å². The van der Waals surface area contributed by atoms with Crippen LogP contribution in [0.3, 0.4) is 0 Å². The molecular weight excluding hydrogens is 615 g/mol. The molecule has 0 radical (unpaired) electrons. The Kier molecular flexibility index (Phi) is 9.19. The van der Waals surface area contributed by atoms with Gasteiger partial charge in [-0.1, -0.05) is 57.7 Å². The van der Waals surface area contributed by atoms with E-state index in [9.17, 15) is 14.7 Å². The van der Waals surface area contributed by atoms with E-state index in [1.54, 1.807) is 5.06 Å². The zero-order valence-corrected chi connectivity index (χ0v) is 25.1. The van der Waals surface area contributed by atoms with E-state index in [1.165, 1.54) is 0 Å². The molecule has 1 amide bonds. The number of carbonyl (C=O) groups excluding carboxylic acids is 2. The third-order valence-electron chi connectivity index (χ3n) is 8.68. The van der Waals surface area contributed by atoms with Crippen LogP contribution in [0, 0.1) is 8.99 Å². The van der Waals surface area contributed by atoms with Gasteiger partial charge in [0.25, 0.3) is 0 Å². The van der Waals surface area contributed by atoms with E-state index in [1.807, 2.05) is 24.3 Å². The summed E-state index contributed by atoms with van der Waals surface area (Å²) in [4.78, 5) is 34.1. The molecule has 1 aromatic rings. The van der Waals surface area contributed by atoms with Gasteiger partial charge >= 0.3 is 5.97 Å². The number of halogens is 1. The second kappa shape index (κ2) is 12.3. The maximum atomic E-state index is 13.9. The monoisotopic (exact) mass is 656 g/mol. The third kappa shape index (κ3) is 5.37. The molecule has 1 aromatic carbocycles. The van der Waals surface area contributed by atoms with Crippen molar-refractivity contribution in [1.82, 2.24) is 10.4 Å². The summed E-state index contributed by atoms with van der Waals surface area (Å²) in [5.74, 6) is -1.57. The highest BCUT2D eigenvalue weighted by Gasteiger charge is 2.76. The molecule has 5 rings (SSSR count). The molecule has 0 spiro atoms. The fourth-order valence-corrected chi connectivity index (χ4v) is 7.38. The third-order valence-corrected chi connectivity index (χ3v) is 9.73. The summed E-state index contributed by atoms with van der Waals surface area (Å²) in [6.07, 6.45) is 5.71. The van der Waals surface area contributed by atoms with Gasteiger partial charge in [-0.15, -0.1) is 0 Å². The van der Waals surface area contributed by atoms with Crippen molar-refractivity contribution in [2.75, 3.05) is 13.2 Å². The zero-order chi connectivity index (χ0) is 27.6. The highest BCUT2D eigenvalue weighted by molar-refractivity contribution is 14.1. The predicted molar refractivity (Wildman–Crippen MR) is 151 cm³/mol. The molecule has 2 bridgehead atoms. The molecule has 6 atom stereocenters. The first-order valence-electron chi connectivity index (χ1n) is 14.5. The highest BCUT2D eigenvalue weighted by atomic mass is 127. The van der Waals surface area contributed by atoms with E-state index in [0.29, 0.717) is 6.54 Å². The van der Waals surface area contributed by atoms with Crippen LogP contribution in [0.25, 0.3) is 0 Å². The van der Waals surface area contributed by atoms with Crippen molar-refractivity contribution in [1.29, 1.82) is 0 Å². The first-order chi connectivity index (χ1) is 18.9. The maximum absolute atomic E-state index is 13.9. The molecule has 3 aliphatic heterocycles. The summed E-state index contributed by atoms with van der Waals surface area (Å²) in [5.41, 5.74) is -0.214. The number of unbranched alkanes of at least 4 members (excludes halogenated alkanes) is 4. The number of hydroxylamine groups is 2. The van der Waals surface area contributed by atoms with Crippen LogP contribution in [0.4, 0.5) is 0 Å². The number of fused-ring (bicyclic) bond motifs is 4. The van der Waals surface area contributed by atoms with E-state index in [0.717, 1.165) is 60.5 Å². The number of benzene rings is 1. The van der Waals surface area contributed by atoms with Crippen LogP contribution >= 0.6 is 22.6 Å². The SMILES string of the molecule is CCCCCC1(CCCCC)O[C@@H]2[C@H]3ON(Cc4ccccc4I)[C@H]4C(=O)OC(CC34C(=O)NCCO)[C@@H]2O1. The van der Waals surface area contributed by atoms with Crippen molar-refractivity contribution >= 4 is 34.5 Å². The van der Waals surface area contributed by atoms with Crippen LogP contribution in [0.1, 0.15) is 77.2 Å². The quantitative estimate of drug-likeness (QED) is 0.188. The Morgan fingerprint density at radius 2 is 1.79 bits per heavy atom. The minimum Gasteiger partial charge on any atom is -0.458 e. The highest BCUT2D eigenvalue weighted by Crippen LogP contribution is 2.58. The average Bonchev–Trinajstić information content (AvgIpc) is 3.47. The molecule has 39 heavy (non-hydrogen) atoms. The number of nitrogens with zero attached hydrogens (tertiary/aromatic N) is 1. The van der Waals surface area contributed by atoms with Gasteiger partial charge in [0.05, 0.1) is 13.2 Å². The molecule has 9 nitrogen and oxygen atoms in total. The number of hydrogen-bond donors (Lipinski definition) is 2. The van der Waals surface area contributed by atoms with E-state index in [4.69, 9.17) is 19.0 Å². The van der Waals surface area contributed by atoms with Crippen LogP contribution in [0.2, 0.25) is 0 Å². The molecule has 0 aromatic heterocycles. The lowest BCUT2D eigenvalue weighted by molar-refractivity contribution is -0.224. The number of amides is 1. The Labute approximate surface area is 244 Å². The number of nitrogens with one attached hydrogen (secondary N) is 1. The molecule has 4 fully saturated rings. The molecule has 4 aliphatic rings. The lowest BCUT2D eigenvalue weighted by atomic mass is 9.62. The van der Waals surface area contributed by atoms with E-state index in [2.05, 4.69) is 41.8 Å². The number of esters is 1. The fourth-order valence-electron chi connectivity index (χ4n) is 6.83. The van der Waals surface area contributed by atoms with E-state index in [-0.39, 0.29) is 25.5 Å². The lowest BCUT2D eigenvalue weighted by Crippen LogP contribution is -2.69. The summed E-state index contributed by atoms with van der Waals surface area (Å²) in [5, 5.41) is 13.9. The van der Waals surface area contributed by atoms with Gasteiger partial charge < -0.3 is 24.6 Å². The van der Waals surface area contributed by atoms with Crippen molar-refractivity contribution in [3.8, 4) is 0 Å². The van der Waals surface area contributed by atoms with Crippen LogP contribution in [0.5, 0.6) is 0 Å². The predicted octanol–water partition coefficient (Wildman–Crippen LogP) is 3.84. The van der Waals surface area contributed by atoms with Gasteiger partial charge in [-0.2, -0.15) is 5.06 Å². The van der Waals surface area contributed by atoms with E-state index >= 15 is 0 Å². The molecule has 3 saturated heterocycles. The second-order valence-electron chi connectivity index (χ2n) is 11.3. The first kappa shape index (κ1) is 29.2. The Bertz CT molecular complexity index is 1030. The number of aliphatic hydroxyl groups excluding tert-OH is 1. The maximum Gasteiger partial charge on any atom is 0.327 e. The smallest absolute Gasteiger partial charge is 0.327 e. The van der Waals surface area contributed by atoms with Crippen LogP contribution in [0.15, 0.2) is 24.3 Å². The lowest BCUT2D eigenvalue weighted by Gasteiger charge is -2.48. The number of carbonyl (C=O) groups is 2. The van der Waals surface area contributed by atoms with Crippen LogP contribution in [-0.2, 0) is 35.2 Å². The van der Waals surface area contributed by atoms with E-state index < -0.39 is 47.6 Å². The molecule has 2 N–H and O–H groups in total. The zero-order valence-electron chi connectivity index (χ0n) is 22.9. The summed E-state index contributed by atoms with van der Waals surface area (Å²) in [6, 6.07) is 6.98. The van der Waals surface area contributed by atoms with Gasteiger partial charge in [-0.25, -0.2) is 0 Å². The number of ether oxygens (including phenoxy) is 3. The van der Waals surface area contributed by atoms with Crippen molar-refractivity contribution in [2.24, 2.45) is 5.41 Å². The van der Waals surface area contributed by atoms with Crippen molar-refractivity contribution in [3.05, 3.63) is 33.4 Å². The van der Waals surface area contributed by atoms with Gasteiger partial charge in [0, 0.05) is 29.4 Å². The summed E-state index contributed by atoms with van der Waals surface area (Å²) in [6.45, 7) is 4.57. The first-order valence-corrected chi connectivity index (χ1v) is 15.6. The molecule has 2 unspecified atom stereocenters. The Hall–Kier alpha value is -1.31. The summed E-state index contributed by atoms with van der Waals surface area (Å²) >= 11 is 2.27. The standard InChI is InChI=1S/C29H41IN2O7/c1-3-5-9-13-28(14-10-6-4-2)37-22-21-17-29(27(35)31-15-16-33)24(26(34)36-21)32(39-25(29)23(22)38-28)18-19-11-7-8-12-20(19)30/h7-8,11-12,21-25,33H,3-6,9-10,13-18H2,1-2H3,(H,31,35)/t21?,22-,23-,24-,25+,29?/m0/s1. The molecule has 1 saturated carbocycles. The van der Waals surface area contributed by atoms with Crippen LogP contribution < -0.4 is 5.32 Å². The Morgan fingerprint density at radius 3 is 2.46 bits per heavy atom. The number of rotatable bonds is 13. The van der Waals surface area contributed by atoms with Gasteiger partial charge in [0.15, 0.2) is 11.8 Å².